The van der Waals surface area contributed by atoms with Crippen molar-refractivity contribution in [2.24, 2.45) is 17.3 Å². The lowest BCUT2D eigenvalue weighted by molar-refractivity contribution is -0.138. The Balaban J connectivity index is 1.45. The van der Waals surface area contributed by atoms with Crippen LogP contribution in [0.25, 0.3) is 0 Å². The van der Waals surface area contributed by atoms with Gasteiger partial charge in [-0.2, -0.15) is 13.2 Å². The fourth-order valence-corrected chi connectivity index (χ4v) is 7.05. The highest BCUT2D eigenvalue weighted by molar-refractivity contribution is 5.98. The Labute approximate surface area is 232 Å². The maximum Gasteiger partial charge on any atom is 0.416 e. The molecule has 1 aliphatic carbocycles. The van der Waals surface area contributed by atoms with Crippen LogP contribution in [0, 0.1) is 36.9 Å². The van der Waals surface area contributed by atoms with Crippen LogP contribution in [0.3, 0.4) is 0 Å². The van der Waals surface area contributed by atoms with Crippen molar-refractivity contribution in [3.05, 3.63) is 64.5 Å². The number of anilines is 1. The number of ether oxygens (including phenoxy) is 1. The van der Waals surface area contributed by atoms with E-state index in [1.807, 2.05) is 0 Å². The van der Waals surface area contributed by atoms with Crippen molar-refractivity contribution in [1.29, 1.82) is 0 Å². The van der Waals surface area contributed by atoms with Crippen molar-refractivity contribution in [3.63, 3.8) is 0 Å². The molecule has 0 aromatic heterocycles. The van der Waals surface area contributed by atoms with Crippen LogP contribution in [0.5, 0.6) is 0 Å². The van der Waals surface area contributed by atoms with Crippen molar-refractivity contribution in [1.82, 2.24) is 4.90 Å². The normalized spacial score (nSPS) is 27.1. The lowest BCUT2D eigenvalue weighted by Crippen LogP contribution is -2.56. The summed E-state index contributed by atoms with van der Waals surface area (Å²) in [5.74, 6) is -2.05. The fraction of sp³-hybridized carbons (Fsp3) is 0.548. The van der Waals surface area contributed by atoms with Crippen molar-refractivity contribution >= 4 is 17.5 Å². The van der Waals surface area contributed by atoms with Gasteiger partial charge in [0.25, 0.3) is 5.91 Å². The van der Waals surface area contributed by atoms with Gasteiger partial charge in [0.1, 0.15) is 5.82 Å². The molecule has 0 unspecified atom stereocenters. The summed E-state index contributed by atoms with van der Waals surface area (Å²) in [6.45, 7) is 4.94. The first-order valence-electron chi connectivity index (χ1n) is 14.1. The Hall–Kier alpha value is -2.94. The van der Waals surface area contributed by atoms with Gasteiger partial charge in [0.15, 0.2) is 0 Å². The summed E-state index contributed by atoms with van der Waals surface area (Å²) in [5, 5.41) is 2.72. The molecule has 3 aliphatic rings. The van der Waals surface area contributed by atoms with Crippen molar-refractivity contribution in [2.45, 2.75) is 71.0 Å². The van der Waals surface area contributed by atoms with Gasteiger partial charge in [-0.1, -0.05) is 18.2 Å². The molecule has 3 fully saturated rings. The molecule has 40 heavy (non-hydrogen) atoms. The average Bonchev–Trinajstić information content (AvgIpc) is 3.36. The quantitative estimate of drug-likeness (QED) is 0.413. The summed E-state index contributed by atoms with van der Waals surface area (Å²) in [6, 6.07) is 7.82. The maximum absolute atomic E-state index is 14.9. The first-order valence-corrected chi connectivity index (χ1v) is 14.1. The molecule has 2 amide bonds. The highest BCUT2D eigenvalue weighted by Gasteiger charge is 2.47. The number of nitrogens with zero attached hydrogens (tertiary/aromatic N) is 1. The van der Waals surface area contributed by atoms with Crippen LogP contribution in [0.2, 0.25) is 0 Å². The molecule has 2 heterocycles. The Morgan fingerprint density at radius 2 is 1.77 bits per heavy atom. The van der Waals surface area contributed by atoms with Gasteiger partial charge in [-0.3, -0.25) is 9.59 Å². The standard InChI is InChI=1S/C31H36F4N2O3/c1-19-8-9-22(17-24(19)31(33,34)35)36-28(38)23-6-4-15-37(29(39)26-20(2)5-3-7-25(26)32)27(23)21-10-12-30(13-11-21)14-16-40-18-30/h3,5,7-9,17,21,23,27H,4,6,10-16,18H2,1-2H3,(H,36,38)/t21?,23-,27-,30?/m1/s1. The van der Waals surface area contributed by atoms with E-state index in [1.165, 1.54) is 25.1 Å². The average molecular weight is 561 g/mol. The number of rotatable bonds is 4. The number of benzene rings is 2. The number of carbonyl (C=O) groups is 2. The molecular weight excluding hydrogens is 524 g/mol. The Bertz CT molecular complexity index is 1240. The van der Waals surface area contributed by atoms with Crippen LogP contribution in [0.15, 0.2) is 36.4 Å². The van der Waals surface area contributed by atoms with E-state index in [0.29, 0.717) is 24.9 Å². The van der Waals surface area contributed by atoms with Crippen LogP contribution in [-0.4, -0.2) is 42.5 Å². The summed E-state index contributed by atoms with van der Waals surface area (Å²) < 4.78 is 61.1. The number of halogens is 4. The van der Waals surface area contributed by atoms with Crippen molar-refractivity contribution in [3.8, 4) is 0 Å². The van der Waals surface area contributed by atoms with E-state index in [2.05, 4.69) is 5.32 Å². The summed E-state index contributed by atoms with van der Waals surface area (Å²) in [4.78, 5) is 29.3. The van der Waals surface area contributed by atoms with E-state index in [9.17, 15) is 27.2 Å². The van der Waals surface area contributed by atoms with Crippen LogP contribution < -0.4 is 5.32 Å². The maximum atomic E-state index is 14.9. The molecule has 2 aromatic carbocycles. The van der Waals surface area contributed by atoms with Gasteiger partial charge < -0.3 is 15.0 Å². The van der Waals surface area contributed by atoms with E-state index in [0.717, 1.165) is 51.4 Å². The van der Waals surface area contributed by atoms with Gasteiger partial charge >= 0.3 is 6.18 Å². The molecule has 1 spiro atoms. The minimum absolute atomic E-state index is 0.0124. The monoisotopic (exact) mass is 560 g/mol. The number of likely N-dealkylation sites (tertiary alicyclic amines) is 1. The van der Waals surface area contributed by atoms with Crippen molar-refractivity contribution < 1.29 is 31.9 Å². The predicted octanol–water partition coefficient (Wildman–Crippen LogP) is 6.92. The molecule has 2 atom stereocenters. The van der Waals surface area contributed by atoms with E-state index < -0.39 is 41.3 Å². The molecule has 216 valence electrons. The number of hydrogen-bond acceptors (Lipinski definition) is 3. The molecule has 9 heteroatoms. The van der Waals surface area contributed by atoms with E-state index in [4.69, 9.17) is 4.74 Å². The zero-order valence-electron chi connectivity index (χ0n) is 23.0. The Morgan fingerprint density at radius 1 is 1.02 bits per heavy atom. The molecule has 2 aromatic rings. The molecular formula is C31H36F4N2O3. The smallest absolute Gasteiger partial charge is 0.381 e. The topological polar surface area (TPSA) is 58.6 Å². The minimum atomic E-state index is -4.54. The number of aryl methyl sites for hydroxylation is 2. The zero-order valence-corrected chi connectivity index (χ0v) is 23.0. The summed E-state index contributed by atoms with van der Waals surface area (Å²) >= 11 is 0. The molecule has 2 aliphatic heterocycles. The Kier molecular flexibility index (Phi) is 7.97. The minimum Gasteiger partial charge on any atom is -0.381 e. The van der Waals surface area contributed by atoms with Crippen molar-refractivity contribution in [2.75, 3.05) is 25.1 Å². The van der Waals surface area contributed by atoms with Gasteiger partial charge in [-0.05, 0) is 99.5 Å². The van der Waals surface area contributed by atoms with Gasteiger partial charge in [-0.15, -0.1) is 0 Å². The number of nitrogens with one attached hydrogen (secondary N) is 1. The van der Waals surface area contributed by atoms with Crippen LogP contribution >= 0.6 is 0 Å². The van der Waals surface area contributed by atoms with E-state index in [1.54, 1.807) is 24.0 Å². The third kappa shape index (κ3) is 5.62. The van der Waals surface area contributed by atoms with E-state index >= 15 is 0 Å². The third-order valence-electron chi connectivity index (χ3n) is 9.29. The van der Waals surface area contributed by atoms with Crippen LogP contribution in [0.1, 0.15) is 72.0 Å². The predicted molar refractivity (Wildman–Crippen MR) is 143 cm³/mol. The number of piperidine rings is 1. The second-order valence-corrected chi connectivity index (χ2v) is 11.8. The second kappa shape index (κ2) is 11.1. The first kappa shape index (κ1) is 28.6. The van der Waals surface area contributed by atoms with Gasteiger partial charge in [-0.25, -0.2) is 4.39 Å². The highest BCUT2D eigenvalue weighted by Crippen LogP contribution is 2.48. The lowest BCUT2D eigenvalue weighted by atomic mass is 9.65. The third-order valence-corrected chi connectivity index (χ3v) is 9.29. The molecule has 5 rings (SSSR count). The first-order chi connectivity index (χ1) is 19.0. The number of hydrogen-bond donors (Lipinski definition) is 1. The molecule has 0 radical (unpaired) electrons. The molecule has 0 bridgehead atoms. The molecule has 1 N–H and O–H groups in total. The van der Waals surface area contributed by atoms with E-state index in [-0.39, 0.29) is 28.1 Å². The lowest BCUT2D eigenvalue weighted by Gasteiger charge is -2.48. The Morgan fingerprint density at radius 3 is 2.42 bits per heavy atom. The molecule has 1 saturated carbocycles. The zero-order chi connectivity index (χ0) is 28.7. The second-order valence-electron chi connectivity index (χ2n) is 11.8. The van der Waals surface area contributed by atoms with Gasteiger partial charge in [0, 0.05) is 24.9 Å². The summed E-state index contributed by atoms with van der Waals surface area (Å²) in [5.41, 5.74) is 0.0220. The molecule has 5 nitrogen and oxygen atoms in total. The number of amides is 2. The molecule has 2 saturated heterocycles. The summed E-state index contributed by atoms with van der Waals surface area (Å²) in [7, 11) is 0. The van der Waals surface area contributed by atoms with Crippen LogP contribution in [-0.2, 0) is 15.7 Å². The van der Waals surface area contributed by atoms with Gasteiger partial charge in [0.05, 0.1) is 23.7 Å². The van der Waals surface area contributed by atoms with Crippen LogP contribution in [0.4, 0.5) is 23.2 Å². The number of alkyl halides is 3. The SMILES string of the molecule is Cc1ccc(NC(=O)[C@@H]2CCCN(C(=O)c3c(C)cccc3F)[C@@H]2C2CCC3(CCOC3)CC2)cc1C(F)(F)F. The van der Waals surface area contributed by atoms with Gasteiger partial charge in [0.2, 0.25) is 5.91 Å². The highest BCUT2D eigenvalue weighted by atomic mass is 19.4. The largest absolute Gasteiger partial charge is 0.416 e. The fourth-order valence-electron chi connectivity index (χ4n) is 7.05. The number of carbonyl (C=O) groups excluding carboxylic acids is 2. The summed E-state index contributed by atoms with van der Waals surface area (Å²) in [6.07, 6.45) is 0.966.